The smallest absolute Gasteiger partial charge is 0.197 e. The molecule has 22 heavy (non-hydrogen) atoms. The van der Waals surface area contributed by atoms with Crippen LogP contribution in [0.25, 0.3) is 22.3 Å². The van der Waals surface area contributed by atoms with Crippen LogP contribution in [0.1, 0.15) is 11.1 Å². The zero-order valence-electron chi connectivity index (χ0n) is 13.1. The summed E-state index contributed by atoms with van der Waals surface area (Å²) < 4.78 is 1.96. The average molecular weight is 289 g/mol. The number of hydrogen-bond donors (Lipinski definition) is 0. The van der Waals surface area contributed by atoms with Gasteiger partial charge in [0.1, 0.15) is 0 Å². The lowest BCUT2D eigenvalue weighted by molar-refractivity contribution is 0.904. The molecule has 1 aromatic heterocycles. The zero-order valence-corrected chi connectivity index (χ0v) is 13.1. The molecular formula is C20H19NO. The quantitative estimate of drug-likeness (QED) is 0.688. The van der Waals surface area contributed by atoms with Gasteiger partial charge in [-0.1, -0.05) is 54.1 Å². The SMILES string of the molecule is Cc1ccc(-c2cn(C)cc(-c3ccccc3)c2=O)c(C)c1. The van der Waals surface area contributed by atoms with Gasteiger partial charge in [-0.05, 0) is 30.5 Å². The van der Waals surface area contributed by atoms with E-state index in [9.17, 15) is 4.79 Å². The van der Waals surface area contributed by atoms with Crippen LogP contribution >= 0.6 is 0 Å². The third kappa shape index (κ3) is 2.60. The van der Waals surface area contributed by atoms with Gasteiger partial charge in [-0.25, -0.2) is 0 Å². The van der Waals surface area contributed by atoms with E-state index in [4.69, 9.17) is 0 Å². The summed E-state index contributed by atoms with van der Waals surface area (Å²) >= 11 is 0. The van der Waals surface area contributed by atoms with Crippen molar-refractivity contribution in [2.75, 3.05) is 0 Å². The molecule has 0 saturated heterocycles. The Bertz CT molecular complexity index is 876. The van der Waals surface area contributed by atoms with Crippen LogP contribution in [0, 0.1) is 13.8 Å². The highest BCUT2D eigenvalue weighted by molar-refractivity contribution is 5.73. The lowest BCUT2D eigenvalue weighted by Gasteiger charge is -2.11. The van der Waals surface area contributed by atoms with Gasteiger partial charge in [-0.3, -0.25) is 4.79 Å². The molecule has 0 radical (unpaired) electrons. The van der Waals surface area contributed by atoms with Crippen LogP contribution in [0.4, 0.5) is 0 Å². The summed E-state index contributed by atoms with van der Waals surface area (Å²) in [7, 11) is 1.96. The lowest BCUT2D eigenvalue weighted by atomic mass is 9.97. The Morgan fingerprint density at radius 2 is 1.50 bits per heavy atom. The summed E-state index contributed by atoms with van der Waals surface area (Å²) in [6, 6.07) is 16.0. The van der Waals surface area contributed by atoms with Crippen LogP contribution in [0.15, 0.2) is 65.7 Å². The lowest BCUT2D eigenvalue weighted by Crippen LogP contribution is -2.12. The maximum Gasteiger partial charge on any atom is 0.197 e. The second-order valence-corrected chi connectivity index (χ2v) is 5.76. The first-order valence-corrected chi connectivity index (χ1v) is 7.39. The molecule has 0 aliphatic heterocycles. The number of aryl methyl sites for hydroxylation is 3. The zero-order chi connectivity index (χ0) is 15.7. The fraction of sp³-hybridized carbons (Fsp3) is 0.150. The van der Waals surface area contributed by atoms with Crippen molar-refractivity contribution in [2.24, 2.45) is 7.05 Å². The Hall–Kier alpha value is -2.61. The number of rotatable bonds is 2. The molecular weight excluding hydrogens is 270 g/mol. The second kappa shape index (κ2) is 5.64. The molecule has 3 rings (SSSR count). The monoisotopic (exact) mass is 289 g/mol. The minimum Gasteiger partial charge on any atom is -0.356 e. The van der Waals surface area contributed by atoms with E-state index in [-0.39, 0.29) is 5.43 Å². The summed E-state index contributed by atoms with van der Waals surface area (Å²) in [5.74, 6) is 0. The number of benzene rings is 2. The molecule has 0 bridgehead atoms. The highest BCUT2D eigenvalue weighted by Gasteiger charge is 2.12. The van der Waals surface area contributed by atoms with Crippen LogP contribution in [0.5, 0.6) is 0 Å². The van der Waals surface area contributed by atoms with E-state index in [1.54, 1.807) is 0 Å². The van der Waals surface area contributed by atoms with Gasteiger partial charge in [-0.15, -0.1) is 0 Å². The van der Waals surface area contributed by atoms with Gasteiger partial charge in [0.25, 0.3) is 0 Å². The van der Waals surface area contributed by atoms with Gasteiger partial charge in [0.05, 0.1) is 0 Å². The summed E-state index contributed by atoms with van der Waals surface area (Å²) in [6.07, 6.45) is 3.80. The van der Waals surface area contributed by atoms with Crippen molar-refractivity contribution in [3.63, 3.8) is 0 Å². The molecule has 0 atom stereocenters. The Kier molecular flexibility index (Phi) is 3.68. The van der Waals surface area contributed by atoms with Gasteiger partial charge >= 0.3 is 0 Å². The Labute approximate surface area is 130 Å². The Morgan fingerprint density at radius 1 is 0.818 bits per heavy atom. The number of nitrogens with zero attached hydrogens (tertiary/aromatic N) is 1. The van der Waals surface area contributed by atoms with E-state index in [1.807, 2.05) is 60.4 Å². The van der Waals surface area contributed by atoms with Gasteiger partial charge < -0.3 is 4.57 Å². The van der Waals surface area contributed by atoms with Crippen molar-refractivity contribution >= 4 is 0 Å². The van der Waals surface area contributed by atoms with Crippen LogP contribution in [0.2, 0.25) is 0 Å². The van der Waals surface area contributed by atoms with E-state index in [1.165, 1.54) is 5.56 Å². The second-order valence-electron chi connectivity index (χ2n) is 5.76. The van der Waals surface area contributed by atoms with Crippen molar-refractivity contribution in [3.05, 3.63) is 82.3 Å². The molecule has 0 N–H and O–H groups in total. The van der Waals surface area contributed by atoms with Crippen molar-refractivity contribution in [2.45, 2.75) is 13.8 Å². The molecule has 0 saturated carbocycles. The topological polar surface area (TPSA) is 22.0 Å². The highest BCUT2D eigenvalue weighted by atomic mass is 16.1. The van der Waals surface area contributed by atoms with Crippen molar-refractivity contribution in [3.8, 4) is 22.3 Å². The summed E-state index contributed by atoms with van der Waals surface area (Å²) in [5.41, 5.74) is 5.86. The molecule has 1 heterocycles. The van der Waals surface area contributed by atoms with Gasteiger partial charge in [-0.2, -0.15) is 0 Å². The Balaban J connectivity index is 2.26. The molecule has 0 amide bonds. The van der Waals surface area contributed by atoms with E-state index in [0.29, 0.717) is 0 Å². The molecule has 0 spiro atoms. The van der Waals surface area contributed by atoms with Crippen molar-refractivity contribution in [1.82, 2.24) is 4.57 Å². The molecule has 0 unspecified atom stereocenters. The van der Waals surface area contributed by atoms with E-state index >= 15 is 0 Å². The number of hydrogen-bond acceptors (Lipinski definition) is 1. The van der Waals surface area contributed by atoms with Gasteiger partial charge in [0.2, 0.25) is 0 Å². The van der Waals surface area contributed by atoms with Crippen molar-refractivity contribution < 1.29 is 0 Å². The van der Waals surface area contributed by atoms with Crippen LogP contribution in [-0.2, 0) is 7.05 Å². The maximum atomic E-state index is 12.9. The number of aromatic nitrogens is 1. The minimum absolute atomic E-state index is 0.0799. The fourth-order valence-corrected chi connectivity index (χ4v) is 2.84. The molecule has 3 aromatic rings. The first-order valence-electron chi connectivity index (χ1n) is 7.39. The predicted octanol–water partition coefficient (Wildman–Crippen LogP) is 4.34. The molecule has 2 aromatic carbocycles. The molecule has 2 nitrogen and oxygen atoms in total. The summed E-state index contributed by atoms with van der Waals surface area (Å²) in [6.45, 7) is 4.12. The largest absolute Gasteiger partial charge is 0.356 e. The van der Waals surface area contributed by atoms with Crippen LogP contribution in [0.3, 0.4) is 0 Å². The number of pyridine rings is 1. The molecule has 110 valence electrons. The first kappa shape index (κ1) is 14.3. The van der Waals surface area contributed by atoms with E-state index in [0.717, 1.165) is 27.8 Å². The minimum atomic E-state index is 0.0799. The standard InChI is InChI=1S/C20H19NO/c1-14-9-10-17(15(2)11-14)19-13-21(3)12-18(20(19)22)16-7-5-4-6-8-16/h4-13H,1-3H3. The van der Waals surface area contributed by atoms with E-state index in [2.05, 4.69) is 26.0 Å². The summed E-state index contributed by atoms with van der Waals surface area (Å²) in [5, 5.41) is 0. The van der Waals surface area contributed by atoms with Crippen molar-refractivity contribution in [1.29, 1.82) is 0 Å². The van der Waals surface area contributed by atoms with Gasteiger partial charge in [0, 0.05) is 30.6 Å². The molecule has 2 heteroatoms. The summed E-state index contributed by atoms with van der Waals surface area (Å²) in [4.78, 5) is 12.9. The molecule has 0 fully saturated rings. The normalized spacial score (nSPS) is 10.7. The van der Waals surface area contributed by atoms with Crippen LogP contribution in [-0.4, -0.2) is 4.57 Å². The Morgan fingerprint density at radius 3 is 2.18 bits per heavy atom. The fourth-order valence-electron chi connectivity index (χ4n) is 2.84. The average Bonchev–Trinajstić information content (AvgIpc) is 2.50. The molecule has 0 aliphatic carbocycles. The predicted molar refractivity (Wildman–Crippen MR) is 92.0 cm³/mol. The maximum absolute atomic E-state index is 12.9. The van der Waals surface area contributed by atoms with Crippen LogP contribution < -0.4 is 5.43 Å². The first-order chi connectivity index (χ1) is 10.6. The third-order valence-corrected chi connectivity index (χ3v) is 3.91. The molecule has 0 aliphatic rings. The van der Waals surface area contributed by atoms with Gasteiger partial charge in [0.15, 0.2) is 5.43 Å². The third-order valence-electron chi connectivity index (χ3n) is 3.91. The van der Waals surface area contributed by atoms with E-state index < -0.39 is 0 Å². The highest BCUT2D eigenvalue weighted by Crippen LogP contribution is 2.24.